The molecule has 1 aliphatic heterocycles. The third kappa shape index (κ3) is 4.37. The molecule has 1 saturated heterocycles. The molecule has 1 amide bonds. The van der Waals surface area contributed by atoms with Gasteiger partial charge in [-0.05, 0) is 23.5 Å². The van der Waals surface area contributed by atoms with Crippen LogP contribution in [0.25, 0.3) is 0 Å². The van der Waals surface area contributed by atoms with Gasteiger partial charge in [0.2, 0.25) is 0 Å². The Labute approximate surface area is 146 Å². The Kier molecular flexibility index (Phi) is 5.90. The number of rotatable bonds is 6. The number of hydrogen-bond donors (Lipinski definition) is 1. The fourth-order valence-corrected chi connectivity index (χ4v) is 3.46. The van der Waals surface area contributed by atoms with E-state index < -0.39 is 0 Å². The van der Waals surface area contributed by atoms with Crippen LogP contribution in [0.4, 0.5) is 0 Å². The van der Waals surface area contributed by atoms with E-state index in [1.54, 1.807) is 0 Å². The summed E-state index contributed by atoms with van der Waals surface area (Å²) in [6.45, 7) is 5.81. The minimum absolute atomic E-state index is 0.0115. The Morgan fingerprint density at radius 2 is 2.25 bits per heavy atom. The maximum absolute atomic E-state index is 12.3. The van der Waals surface area contributed by atoms with Crippen molar-refractivity contribution in [1.29, 1.82) is 0 Å². The van der Waals surface area contributed by atoms with Crippen molar-refractivity contribution in [2.24, 2.45) is 0 Å². The minimum Gasteiger partial charge on any atom is -0.374 e. The van der Waals surface area contributed by atoms with Gasteiger partial charge in [-0.3, -0.25) is 9.69 Å². The molecule has 0 saturated carbocycles. The summed E-state index contributed by atoms with van der Waals surface area (Å²) in [7, 11) is 0. The number of carbonyl (C=O) groups is 1. The van der Waals surface area contributed by atoms with Gasteiger partial charge in [-0.1, -0.05) is 41.7 Å². The van der Waals surface area contributed by atoms with E-state index in [1.807, 2.05) is 13.0 Å². The lowest BCUT2D eigenvalue weighted by Crippen LogP contribution is -2.47. The standard InChI is InChI=1S/C17H22N4O2S/c1-2-15-16(24-20-19-15)17(22)18-10-14-12-21(8-9-23-14)11-13-6-4-3-5-7-13/h3-7,14H,2,8-12H2,1H3,(H,18,22). The lowest BCUT2D eigenvalue weighted by Gasteiger charge is -2.33. The van der Waals surface area contributed by atoms with Gasteiger partial charge in [-0.2, -0.15) is 0 Å². The highest BCUT2D eigenvalue weighted by Crippen LogP contribution is 2.12. The number of carbonyl (C=O) groups excluding carboxylic acids is 1. The number of morpholine rings is 1. The molecule has 1 fully saturated rings. The molecule has 1 aromatic carbocycles. The Hall–Kier alpha value is -1.83. The van der Waals surface area contributed by atoms with Crippen LogP contribution in [0.2, 0.25) is 0 Å². The highest BCUT2D eigenvalue weighted by atomic mass is 32.1. The van der Waals surface area contributed by atoms with Crippen LogP contribution in [0.1, 0.15) is 27.9 Å². The zero-order valence-electron chi connectivity index (χ0n) is 13.8. The van der Waals surface area contributed by atoms with Crippen LogP contribution in [0.15, 0.2) is 30.3 Å². The second-order valence-electron chi connectivity index (χ2n) is 5.83. The van der Waals surface area contributed by atoms with Gasteiger partial charge in [-0.15, -0.1) is 5.10 Å². The lowest BCUT2D eigenvalue weighted by atomic mass is 10.2. The van der Waals surface area contributed by atoms with Crippen molar-refractivity contribution >= 4 is 17.4 Å². The fraction of sp³-hybridized carbons (Fsp3) is 0.471. The molecule has 1 unspecified atom stereocenters. The van der Waals surface area contributed by atoms with Gasteiger partial charge in [0.15, 0.2) is 0 Å². The van der Waals surface area contributed by atoms with Crippen LogP contribution < -0.4 is 5.32 Å². The van der Waals surface area contributed by atoms with Crippen LogP contribution in [0.5, 0.6) is 0 Å². The number of hydrogen-bond acceptors (Lipinski definition) is 6. The Morgan fingerprint density at radius 3 is 3.04 bits per heavy atom. The summed E-state index contributed by atoms with van der Waals surface area (Å²) in [5, 5.41) is 6.93. The van der Waals surface area contributed by atoms with E-state index in [-0.39, 0.29) is 12.0 Å². The van der Waals surface area contributed by atoms with Crippen molar-refractivity contribution < 1.29 is 9.53 Å². The Balaban J connectivity index is 1.49. The molecule has 1 aliphatic rings. The summed E-state index contributed by atoms with van der Waals surface area (Å²) >= 11 is 1.15. The summed E-state index contributed by atoms with van der Waals surface area (Å²) in [6, 6.07) is 10.4. The largest absolute Gasteiger partial charge is 0.374 e. The number of benzene rings is 1. The van der Waals surface area contributed by atoms with E-state index in [4.69, 9.17) is 4.74 Å². The minimum atomic E-state index is -0.106. The predicted octanol–water partition coefficient (Wildman–Crippen LogP) is 1.73. The Morgan fingerprint density at radius 1 is 1.42 bits per heavy atom. The van der Waals surface area contributed by atoms with Gasteiger partial charge in [-0.25, -0.2) is 0 Å². The van der Waals surface area contributed by atoms with E-state index in [2.05, 4.69) is 44.1 Å². The first-order valence-corrected chi connectivity index (χ1v) is 9.01. The average Bonchev–Trinajstić information content (AvgIpc) is 3.10. The van der Waals surface area contributed by atoms with Crippen LogP contribution >= 0.6 is 11.5 Å². The molecule has 2 aromatic rings. The Bertz CT molecular complexity index is 662. The SMILES string of the molecule is CCc1nnsc1C(=O)NCC1CN(Cc2ccccc2)CCO1. The smallest absolute Gasteiger partial charge is 0.265 e. The molecule has 128 valence electrons. The first kappa shape index (κ1) is 17.0. The topological polar surface area (TPSA) is 67.4 Å². The molecule has 1 aromatic heterocycles. The quantitative estimate of drug-likeness (QED) is 0.863. The molecule has 24 heavy (non-hydrogen) atoms. The van der Waals surface area contributed by atoms with Gasteiger partial charge in [0.1, 0.15) is 4.88 Å². The molecular weight excluding hydrogens is 324 g/mol. The molecule has 6 nitrogen and oxygen atoms in total. The number of aromatic nitrogens is 2. The number of nitrogens with zero attached hydrogens (tertiary/aromatic N) is 3. The summed E-state index contributed by atoms with van der Waals surface area (Å²) < 4.78 is 9.65. The first-order valence-electron chi connectivity index (χ1n) is 8.23. The van der Waals surface area contributed by atoms with E-state index in [1.165, 1.54) is 5.56 Å². The van der Waals surface area contributed by atoms with Gasteiger partial charge < -0.3 is 10.1 Å². The summed E-state index contributed by atoms with van der Waals surface area (Å²) in [5.41, 5.74) is 2.05. The highest BCUT2D eigenvalue weighted by Gasteiger charge is 2.22. The monoisotopic (exact) mass is 346 g/mol. The molecule has 0 radical (unpaired) electrons. The van der Waals surface area contributed by atoms with Crippen molar-refractivity contribution in [3.05, 3.63) is 46.5 Å². The maximum atomic E-state index is 12.3. The molecule has 7 heteroatoms. The lowest BCUT2D eigenvalue weighted by molar-refractivity contribution is -0.0292. The van der Waals surface area contributed by atoms with Crippen molar-refractivity contribution in [2.45, 2.75) is 26.0 Å². The highest BCUT2D eigenvalue weighted by molar-refractivity contribution is 7.08. The summed E-state index contributed by atoms with van der Waals surface area (Å²) in [5.74, 6) is -0.106. The van der Waals surface area contributed by atoms with Gasteiger partial charge in [0.05, 0.1) is 18.4 Å². The second-order valence-corrected chi connectivity index (χ2v) is 6.58. The van der Waals surface area contributed by atoms with Gasteiger partial charge in [0.25, 0.3) is 5.91 Å². The van der Waals surface area contributed by atoms with Crippen LogP contribution in [-0.2, 0) is 17.7 Å². The third-order valence-electron chi connectivity index (χ3n) is 4.06. The number of nitrogens with one attached hydrogen (secondary N) is 1. The summed E-state index contributed by atoms with van der Waals surface area (Å²) in [4.78, 5) is 15.2. The van der Waals surface area contributed by atoms with Crippen molar-refractivity contribution in [2.75, 3.05) is 26.2 Å². The molecule has 2 heterocycles. The third-order valence-corrected chi connectivity index (χ3v) is 4.83. The van der Waals surface area contributed by atoms with E-state index in [9.17, 15) is 4.79 Å². The van der Waals surface area contributed by atoms with Crippen LogP contribution in [0, 0.1) is 0 Å². The second kappa shape index (κ2) is 8.32. The van der Waals surface area contributed by atoms with E-state index in [0.717, 1.165) is 36.9 Å². The zero-order valence-corrected chi connectivity index (χ0v) is 14.6. The maximum Gasteiger partial charge on any atom is 0.265 e. The number of amides is 1. The van der Waals surface area contributed by atoms with Gasteiger partial charge in [0, 0.05) is 26.2 Å². The molecule has 3 rings (SSSR count). The van der Waals surface area contributed by atoms with Crippen LogP contribution in [0.3, 0.4) is 0 Å². The molecule has 0 spiro atoms. The molecule has 1 N–H and O–H groups in total. The van der Waals surface area contributed by atoms with E-state index >= 15 is 0 Å². The predicted molar refractivity (Wildman–Crippen MR) is 93.1 cm³/mol. The molecule has 0 bridgehead atoms. The molecule has 0 aliphatic carbocycles. The fourth-order valence-electron chi connectivity index (χ4n) is 2.79. The number of ether oxygens (including phenoxy) is 1. The first-order chi connectivity index (χ1) is 11.8. The van der Waals surface area contributed by atoms with Crippen LogP contribution in [-0.4, -0.2) is 52.7 Å². The van der Waals surface area contributed by atoms with Gasteiger partial charge >= 0.3 is 0 Å². The van der Waals surface area contributed by atoms with Crippen molar-refractivity contribution in [3.8, 4) is 0 Å². The normalized spacial score (nSPS) is 18.5. The number of aryl methyl sites for hydroxylation is 1. The van der Waals surface area contributed by atoms with E-state index in [0.29, 0.717) is 24.4 Å². The molecular formula is C17H22N4O2S. The average molecular weight is 346 g/mol. The summed E-state index contributed by atoms with van der Waals surface area (Å²) in [6.07, 6.45) is 0.724. The van der Waals surface area contributed by atoms with Crippen molar-refractivity contribution in [3.63, 3.8) is 0 Å². The van der Waals surface area contributed by atoms with Crippen molar-refractivity contribution in [1.82, 2.24) is 19.8 Å². The molecule has 1 atom stereocenters. The zero-order chi connectivity index (χ0) is 16.8.